The summed E-state index contributed by atoms with van der Waals surface area (Å²) in [6.07, 6.45) is 0.296. The van der Waals surface area contributed by atoms with Gasteiger partial charge in [0.2, 0.25) is 11.8 Å². The third-order valence-corrected chi connectivity index (χ3v) is 9.03. The van der Waals surface area contributed by atoms with Gasteiger partial charge in [0.25, 0.3) is 10.0 Å². The average Bonchev–Trinajstić information content (AvgIpc) is 2.95. The van der Waals surface area contributed by atoms with Crippen LogP contribution in [0.25, 0.3) is 0 Å². The Labute approximate surface area is 258 Å². The van der Waals surface area contributed by atoms with Gasteiger partial charge in [-0.05, 0) is 61.2 Å². The van der Waals surface area contributed by atoms with Crippen LogP contribution in [0.5, 0.6) is 5.75 Å². The first-order valence-electron chi connectivity index (χ1n) is 13.6. The smallest absolute Gasteiger partial charge is 0.264 e. The number of rotatable bonds is 13. The number of nitrogens with zero attached hydrogens (tertiary/aromatic N) is 2. The number of hydrogen-bond acceptors (Lipinski definition) is 5. The fourth-order valence-electron chi connectivity index (χ4n) is 4.31. The number of ether oxygens (including phenoxy) is 1. The third-order valence-electron chi connectivity index (χ3n) is 6.66. The SMILES string of the molecule is CCC(C(=O)NCC(C)C)N(Cc1ccc(Cl)cc1Cl)C(=O)CN(c1cccc(OC)c1)S(=O)(=O)c1ccc(C)cc1. The normalized spacial score (nSPS) is 12.1. The van der Waals surface area contributed by atoms with Crippen LogP contribution >= 0.6 is 23.2 Å². The molecule has 0 bridgehead atoms. The van der Waals surface area contributed by atoms with Gasteiger partial charge in [-0.15, -0.1) is 0 Å². The number of benzene rings is 3. The lowest BCUT2D eigenvalue weighted by Crippen LogP contribution is -2.52. The molecule has 2 amide bonds. The highest BCUT2D eigenvalue weighted by Crippen LogP contribution is 2.29. The van der Waals surface area contributed by atoms with Gasteiger partial charge in [0.05, 0.1) is 17.7 Å². The van der Waals surface area contributed by atoms with Gasteiger partial charge >= 0.3 is 0 Å². The standard InChI is InChI=1S/C31H37Cl2N3O5S/c1-6-29(31(38)34-18-21(2)3)35(19-23-12-13-24(32)16-28(23)33)30(37)20-36(25-8-7-9-26(17-25)41-5)42(39,40)27-14-10-22(4)11-15-27/h7-17,21,29H,6,18-20H2,1-5H3,(H,34,38). The Bertz CT molecular complexity index is 1500. The van der Waals surface area contributed by atoms with Crippen molar-refractivity contribution in [2.45, 2.75) is 51.6 Å². The molecular formula is C31H37Cl2N3O5S. The van der Waals surface area contributed by atoms with Crippen molar-refractivity contribution in [1.29, 1.82) is 0 Å². The number of carbonyl (C=O) groups excluding carboxylic acids is 2. The summed E-state index contributed by atoms with van der Waals surface area (Å²) in [5.41, 5.74) is 1.70. The molecule has 0 aliphatic heterocycles. The van der Waals surface area contributed by atoms with Crippen molar-refractivity contribution >= 4 is 50.7 Å². The second-order valence-electron chi connectivity index (χ2n) is 10.3. The van der Waals surface area contributed by atoms with E-state index in [-0.39, 0.29) is 29.0 Å². The maximum atomic E-state index is 14.2. The number of sulfonamides is 1. The molecule has 11 heteroatoms. The summed E-state index contributed by atoms with van der Waals surface area (Å²) in [5, 5.41) is 3.66. The fraction of sp³-hybridized carbons (Fsp3) is 0.355. The minimum atomic E-state index is -4.20. The highest BCUT2D eigenvalue weighted by molar-refractivity contribution is 7.92. The second kappa shape index (κ2) is 14.8. The fourth-order valence-corrected chi connectivity index (χ4v) is 6.18. The summed E-state index contributed by atoms with van der Waals surface area (Å²) in [6, 6.07) is 16.9. The predicted octanol–water partition coefficient (Wildman–Crippen LogP) is 6.09. The highest BCUT2D eigenvalue weighted by Gasteiger charge is 2.34. The Balaban J connectivity index is 2.09. The van der Waals surface area contributed by atoms with Crippen LogP contribution in [-0.4, -0.2) is 51.4 Å². The van der Waals surface area contributed by atoms with E-state index in [1.54, 1.807) is 61.5 Å². The molecule has 3 aromatic carbocycles. The lowest BCUT2D eigenvalue weighted by atomic mass is 10.1. The van der Waals surface area contributed by atoms with Crippen molar-refractivity contribution < 1.29 is 22.7 Å². The maximum absolute atomic E-state index is 14.2. The van der Waals surface area contributed by atoms with Crippen LogP contribution in [0.2, 0.25) is 10.0 Å². The Kier molecular flexibility index (Phi) is 11.7. The molecule has 0 spiro atoms. The van der Waals surface area contributed by atoms with Crippen LogP contribution in [0.15, 0.2) is 71.6 Å². The van der Waals surface area contributed by atoms with Crippen LogP contribution < -0.4 is 14.4 Å². The molecule has 0 aliphatic carbocycles. The van der Waals surface area contributed by atoms with Crippen LogP contribution in [0.1, 0.15) is 38.3 Å². The van der Waals surface area contributed by atoms with Crippen molar-refractivity contribution in [3.63, 3.8) is 0 Å². The van der Waals surface area contributed by atoms with E-state index in [0.717, 1.165) is 9.87 Å². The number of carbonyl (C=O) groups is 2. The molecule has 0 saturated carbocycles. The first kappa shape index (κ1) is 33.2. The lowest BCUT2D eigenvalue weighted by molar-refractivity contribution is -0.140. The van der Waals surface area contributed by atoms with E-state index in [1.807, 2.05) is 20.8 Å². The van der Waals surface area contributed by atoms with E-state index < -0.39 is 28.5 Å². The summed E-state index contributed by atoms with van der Waals surface area (Å²) in [5.74, 6) is -0.289. The Hall–Kier alpha value is -3.27. The van der Waals surface area contributed by atoms with E-state index >= 15 is 0 Å². The zero-order valence-corrected chi connectivity index (χ0v) is 26.8. The summed E-state index contributed by atoms with van der Waals surface area (Å²) in [6.45, 7) is 7.43. The summed E-state index contributed by atoms with van der Waals surface area (Å²) >= 11 is 12.6. The number of halogens is 2. The van der Waals surface area contributed by atoms with Crippen LogP contribution in [-0.2, 0) is 26.2 Å². The minimum absolute atomic E-state index is 0.0257. The number of amides is 2. The first-order chi connectivity index (χ1) is 19.9. The van der Waals surface area contributed by atoms with Crippen LogP contribution in [0.3, 0.4) is 0 Å². The molecular weight excluding hydrogens is 597 g/mol. The zero-order valence-electron chi connectivity index (χ0n) is 24.4. The highest BCUT2D eigenvalue weighted by atomic mass is 35.5. The summed E-state index contributed by atoms with van der Waals surface area (Å²) < 4.78 is 34.4. The molecule has 0 heterocycles. The van der Waals surface area contributed by atoms with Crippen molar-refractivity contribution in [2.75, 3.05) is 24.5 Å². The molecule has 0 aromatic heterocycles. The number of methoxy groups -OCH3 is 1. The quantitative estimate of drug-likeness (QED) is 0.246. The number of nitrogens with one attached hydrogen (secondary N) is 1. The molecule has 226 valence electrons. The van der Waals surface area contributed by atoms with E-state index in [0.29, 0.717) is 34.3 Å². The van der Waals surface area contributed by atoms with Crippen molar-refractivity contribution in [1.82, 2.24) is 10.2 Å². The second-order valence-corrected chi connectivity index (χ2v) is 13.1. The summed E-state index contributed by atoms with van der Waals surface area (Å²) in [4.78, 5) is 28.9. The van der Waals surface area contributed by atoms with E-state index in [2.05, 4.69) is 5.32 Å². The Morgan fingerprint density at radius 1 is 1.00 bits per heavy atom. The molecule has 1 N–H and O–H groups in total. The monoisotopic (exact) mass is 633 g/mol. The van der Waals surface area contributed by atoms with Crippen LogP contribution in [0, 0.1) is 12.8 Å². The van der Waals surface area contributed by atoms with Gasteiger partial charge in [0.1, 0.15) is 18.3 Å². The van der Waals surface area contributed by atoms with Gasteiger partial charge in [-0.2, -0.15) is 0 Å². The van der Waals surface area contributed by atoms with Gasteiger partial charge < -0.3 is 15.0 Å². The van der Waals surface area contributed by atoms with Crippen molar-refractivity contribution in [2.24, 2.45) is 5.92 Å². The molecule has 1 atom stereocenters. The van der Waals surface area contributed by atoms with Gasteiger partial charge in [0.15, 0.2) is 0 Å². The first-order valence-corrected chi connectivity index (χ1v) is 15.8. The molecule has 1 unspecified atom stereocenters. The number of anilines is 1. The van der Waals surface area contributed by atoms with E-state index in [4.69, 9.17) is 27.9 Å². The maximum Gasteiger partial charge on any atom is 0.264 e. The van der Waals surface area contributed by atoms with Gasteiger partial charge in [0, 0.05) is 29.2 Å². The molecule has 0 aliphatic rings. The van der Waals surface area contributed by atoms with Gasteiger partial charge in [-0.1, -0.05) is 73.8 Å². The molecule has 0 saturated heterocycles. The largest absolute Gasteiger partial charge is 0.497 e. The van der Waals surface area contributed by atoms with Gasteiger partial charge in [-0.3, -0.25) is 13.9 Å². The van der Waals surface area contributed by atoms with Crippen molar-refractivity contribution in [3.8, 4) is 5.75 Å². The predicted molar refractivity (Wildman–Crippen MR) is 168 cm³/mol. The molecule has 42 heavy (non-hydrogen) atoms. The molecule has 3 aromatic rings. The third kappa shape index (κ3) is 8.40. The lowest BCUT2D eigenvalue weighted by Gasteiger charge is -2.33. The van der Waals surface area contributed by atoms with Gasteiger partial charge in [-0.25, -0.2) is 8.42 Å². The molecule has 8 nitrogen and oxygen atoms in total. The van der Waals surface area contributed by atoms with E-state index in [1.165, 1.54) is 24.1 Å². The average molecular weight is 635 g/mol. The van der Waals surface area contributed by atoms with Crippen LogP contribution in [0.4, 0.5) is 5.69 Å². The van der Waals surface area contributed by atoms with E-state index in [9.17, 15) is 18.0 Å². The summed E-state index contributed by atoms with van der Waals surface area (Å²) in [7, 11) is -2.72. The Morgan fingerprint density at radius 2 is 1.69 bits per heavy atom. The number of aryl methyl sites for hydroxylation is 1. The van der Waals surface area contributed by atoms with Crippen molar-refractivity contribution in [3.05, 3.63) is 87.9 Å². The molecule has 3 rings (SSSR count). The molecule has 0 fully saturated rings. The Morgan fingerprint density at radius 3 is 2.29 bits per heavy atom. The minimum Gasteiger partial charge on any atom is -0.497 e. The number of hydrogen-bond donors (Lipinski definition) is 1. The zero-order chi connectivity index (χ0) is 31.0. The topological polar surface area (TPSA) is 96.0 Å². The molecule has 0 radical (unpaired) electrons.